The second kappa shape index (κ2) is 5.28. The number of nitrogens with one attached hydrogen (secondary N) is 1. The first kappa shape index (κ1) is 12.7. The van der Waals surface area contributed by atoms with E-state index < -0.39 is 0 Å². The molecular formula is C14H20ClNO. The van der Waals surface area contributed by atoms with Gasteiger partial charge in [-0.3, -0.25) is 0 Å². The van der Waals surface area contributed by atoms with Gasteiger partial charge in [-0.05, 0) is 25.0 Å². The van der Waals surface area contributed by atoms with E-state index in [1.807, 2.05) is 12.1 Å². The van der Waals surface area contributed by atoms with E-state index in [4.69, 9.17) is 16.3 Å². The van der Waals surface area contributed by atoms with E-state index in [2.05, 4.69) is 31.3 Å². The lowest BCUT2D eigenvalue weighted by molar-refractivity contribution is 0.208. The van der Waals surface area contributed by atoms with Gasteiger partial charge in [0.05, 0.1) is 0 Å². The molecule has 94 valence electrons. The second-order valence-corrected chi connectivity index (χ2v) is 5.25. The van der Waals surface area contributed by atoms with Gasteiger partial charge in [-0.15, -0.1) is 11.6 Å². The van der Waals surface area contributed by atoms with Crippen molar-refractivity contribution in [3.8, 4) is 5.75 Å². The van der Waals surface area contributed by atoms with Crippen molar-refractivity contribution >= 4 is 11.6 Å². The van der Waals surface area contributed by atoms with Crippen LogP contribution in [0.1, 0.15) is 25.8 Å². The molecule has 1 aromatic carbocycles. The van der Waals surface area contributed by atoms with E-state index in [1.165, 1.54) is 5.56 Å². The zero-order valence-electron chi connectivity index (χ0n) is 10.5. The van der Waals surface area contributed by atoms with Gasteiger partial charge in [0.25, 0.3) is 0 Å². The number of rotatable bonds is 5. The molecule has 2 atom stereocenters. The highest BCUT2D eigenvalue weighted by molar-refractivity contribution is 6.18. The summed E-state index contributed by atoms with van der Waals surface area (Å²) < 4.78 is 5.89. The summed E-state index contributed by atoms with van der Waals surface area (Å²) in [6, 6.07) is 8.25. The lowest BCUT2D eigenvalue weighted by Crippen LogP contribution is -2.47. The van der Waals surface area contributed by atoms with Crippen LogP contribution in [0, 0.1) is 0 Å². The Morgan fingerprint density at radius 3 is 2.88 bits per heavy atom. The number of para-hydroxylation sites is 1. The van der Waals surface area contributed by atoms with E-state index in [0.29, 0.717) is 5.88 Å². The lowest BCUT2D eigenvalue weighted by atomic mass is 10.0. The summed E-state index contributed by atoms with van der Waals surface area (Å²) in [5.41, 5.74) is 1.32. The number of benzene rings is 1. The first-order valence-corrected chi connectivity index (χ1v) is 6.76. The van der Waals surface area contributed by atoms with Crippen LogP contribution in [-0.4, -0.2) is 24.1 Å². The summed E-state index contributed by atoms with van der Waals surface area (Å²) in [7, 11) is 0. The van der Waals surface area contributed by atoms with E-state index in [-0.39, 0.29) is 11.6 Å². The van der Waals surface area contributed by atoms with Crippen LogP contribution in [0.4, 0.5) is 0 Å². The number of fused-ring (bicyclic) bond motifs is 1. The summed E-state index contributed by atoms with van der Waals surface area (Å²) in [5.74, 6) is 1.66. The standard InChI is InChI=1S/C14H20ClNO/c1-3-14(2,10-15)16-9-12-8-11-6-4-5-7-13(11)17-12/h4-7,12,16H,3,8-10H2,1-2H3. The Morgan fingerprint density at radius 2 is 2.24 bits per heavy atom. The number of hydrogen-bond acceptors (Lipinski definition) is 2. The fourth-order valence-electron chi connectivity index (χ4n) is 1.99. The molecule has 0 aromatic heterocycles. The lowest BCUT2D eigenvalue weighted by Gasteiger charge is -2.28. The maximum atomic E-state index is 5.98. The molecule has 3 heteroatoms. The van der Waals surface area contributed by atoms with Crippen LogP contribution in [0.3, 0.4) is 0 Å². The molecule has 1 N–H and O–H groups in total. The van der Waals surface area contributed by atoms with Gasteiger partial charge in [0, 0.05) is 24.4 Å². The number of halogens is 1. The molecule has 0 bridgehead atoms. The number of hydrogen-bond donors (Lipinski definition) is 1. The Balaban J connectivity index is 1.88. The normalized spacial score (nSPS) is 21.7. The molecule has 0 saturated carbocycles. The monoisotopic (exact) mass is 253 g/mol. The molecule has 2 rings (SSSR count). The van der Waals surface area contributed by atoms with Crippen molar-refractivity contribution in [3.63, 3.8) is 0 Å². The molecule has 1 heterocycles. The molecule has 2 nitrogen and oxygen atoms in total. The Kier molecular flexibility index (Phi) is 3.95. The van der Waals surface area contributed by atoms with Crippen molar-refractivity contribution in [3.05, 3.63) is 29.8 Å². The summed E-state index contributed by atoms with van der Waals surface area (Å²) in [5, 5.41) is 3.52. The number of alkyl halides is 1. The maximum absolute atomic E-state index is 5.98. The molecule has 1 aromatic rings. The van der Waals surface area contributed by atoms with Crippen molar-refractivity contribution in [1.82, 2.24) is 5.32 Å². The highest BCUT2D eigenvalue weighted by atomic mass is 35.5. The Hall–Kier alpha value is -0.730. The first-order valence-electron chi connectivity index (χ1n) is 6.22. The highest BCUT2D eigenvalue weighted by Crippen LogP contribution is 2.28. The van der Waals surface area contributed by atoms with Crippen molar-refractivity contribution in [1.29, 1.82) is 0 Å². The highest BCUT2D eigenvalue weighted by Gasteiger charge is 2.26. The fraction of sp³-hybridized carbons (Fsp3) is 0.571. The van der Waals surface area contributed by atoms with Crippen LogP contribution in [0.2, 0.25) is 0 Å². The average Bonchev–Trinajstić information content (AvgIpc) is 2.79. The molecular weight excluding hydrogens is 234 g/mol. The predicted octanol–water partition coefficient (Wildman–Crippen LogP) is 2.99. The van der Waals surface area contributed by atoms with Gasteiger partial charge in [-0.2, -0.15) is 0 Å². The number of ether oxygens (including phenoxy) is 1. The van der Waals surface area contributed by atoms with Crippen molar-refractivity contribution in [2.45, 2.75) is 38.3 Å². The SMILES string of the molecule is CCC(C)(CCl)NCC1Cc2ccccc2O1. The largest absolute Gasteiger partial charge is 0.488 e. The molecule has 2 unspecified atom stereocenters. The fourth-order valence-corrected chi connectivity index (χ4v) is 2.28. The smallest absolute Gasteiger partial charge is 0.123 e. The summed E-state index contributed by atoms with van der Waals surface area (Å²) in [6.45, 7) is 5.16. The minimum atomic E-state index is 0.0136. The van der Waals surface area contributed by atoms with Gasteiger partial charge in [0.1, 0.15) is 11.9 Å². The van der Waals surface area contributed by atoms with Crippen LogP contribution < -0.4 is 10.1 Å². The molecule has 1 aliphatic heterocycles. The molecule has 0 aliphatic carbocycles. The van der Waals surface area contributed by atoms with E-state index in [9.17, 15) is 0 Å². The molecule has 0 radical (unpaired) electrons. The minimum absolute atomic E-state index is 0.0136. The second-order valence-electron chi connectivity index (χ2n) is 4.98. The van der Waals surface area contributed by atoms with Gasteiger partial charge in [-0.25, -0.2) is 0 Å². The zero-order valence-corrected chi connectivity index (χ0v) is 11.3. The van der Waals surface area contributed by atoms with Crippen molar-refractivity contribution < 1.29 is 4.74 Å². The maximum Gasteiger partial charge on any atom is 0.123 e. The van der Waals surface area contributed by atoms with E-state index >= 15 is 0 Å². The van der Waals surface area contributed by atoms with Crippen LogP contribution in [-0.2, 0) is 6.42 Å². The predicted molar refractivity (Wildman–Crippen MR) is 72.0 cm³/mol. The van der Waals surface area contributed by atoms with Gasteiger partial charge in [0.2, 0.25) is 0 Å². The van der Waals surface area contributed by atoms with Gasteiger partial charge >= 0.3 is 0 Å². The molecule has 1 aliphatic rings. The van der Waals surface area contributed by atoms with Crippen LogP contribution in [0.5, 0.6) is 5.75 Å². The molecule has 0 saturated heterocycles. The Labute approximate surface area is 108 Å². The minimum Gasteiger partial charge on any atom is -0.488 e. The van der Waals surface area contributed by atoms with Crippen LogP contribution >= 0.6 is 11.6 Å². The third-order valence-electron chi connectivity index (χ3n) is 3.55. The summed E-state index contributed by atoms with van der Waals surface area (Å²) >= 11 is 5.98. The summed E-state index contributed by atoms with van der Waals surface area (Å²) in [6.07, 6.45) is 2.25. The van der Waals surface area contributed by atoms with Gasteiger partial charge in [0.15, 0.2) is 0 Å². The topological polar surface area (TPSA) is 21.3 Å². The molecule has 0 amide bonds. The van der Waals surface area contributed by atoms with Crippen molar-refractivity contribution in [2.75, 3.05) is 12.4 Å². The van der Waals surface area contributed by atoms with Crippen molar-refractivity contribution in [2.24, 2.45) is 0 Å². The van der Waals surface area contributed by atoms with Crippen LogP contribution in [0.15, 0.2) is 24.3 Å². The van der Waals surface area contributed by atoms with Gasteiger partial charge < -0.3 is 10.1 Å². The van der Waals surface area contributed by atoms with E-state index in [0.717, 1.165) is 25.1 Å². The summed E-state index contributed by atoms with van der Waals surface area (Å²) in [4.78, 5) is 0. The van der Waals surface area contributed by atoms with E-state index in [1.54, 1.807) is 0 Å². The molecule has 0 spiro atoms. The first-order chi connectivity index (χ1) is 8.17. The third-order valence-corrected chi connectivity index (χ3v) is 4.14. The van der Waals surface area contributed by atoms with Gasteiger partial charge in [-0.1, -0.05) is 25.1 Å². The van der Waals surface area contributed by atoms with Crippen LogP contribution in [0.25, 0.3) is 0 Å². The average molecular weight is 254 g/mol. The third kappa shape index (κ3) is 2.93. The quantitative estimate of drug-likeness (QED) is 0.815. The Morgan fingerprint density at radius 1 is 1.47 bits per heavy atom. The zero-order chi connectivity index (χ0) is 12.3. The molecule has 17 heavy (non-hydrogen) atoms. The Bertz CT molecular complexity index is 351. The molecule has 0 fully saturated rings.